The minimum atomic E-state index is -1.14. The van der Waals surface area contributed by atoms with E-state index in [0.717, 1.165) is 22.3 Å². The van der Waals surface area contributed by atoms with E-state index in [1.165, 1.54) is 0 Å². The number of benzene rings is 4. The number of aldehydes is 1. The largest absolute Gasteiger partial charge is 0.444 e. The molecule has 0 saturated carbocycles. The zero-order chi connectivity index (χ0) is 35.2. The van der Waals surface area contributed by atoms with Crippen LogP contribution in [-0.4, -0.2) is 61.1 Å². The standard InChI is InChI=1S/C41H47NO8/c1-41(2,3)50-40(44)42-34(24-43)36-38(47-27-32-20-12-6-13-21-32)39(48-28-33-22-14-7-15-23-33)37(46-26-31-18-10-5-11-19-31)35(49-36)29-45-25-30-16-8-4-9-17-30/h4-24,34-39H,25-29H2,1-3H3,(H,42,44)/t34-,35-,36+,37-,38+,39+/m1/s1. The van der Waals surface area contributed by atoms with E-state index in [0.29, 0.717) is 12.9 Å². The first-order valence-electron chi connectivity index (χ1n) is 17.0. The fourth-order valence-corrected chi connectivity index (χ4v) is 5.75. The van der Waals surface area contributed by atoms with Gasteiger partial charge < -0.3 is 38.5 Å². The molecule has 1 saturated heterocycles. The van der Waals surface area contributed by atoms with Crippen LogP contribution in [0.15, 0.2) is 121 Å². The summed E-state index contributed by atoms with van der Waals surface area (Å²) < 4.78 is 38.5. The summed E-state index contributed by atoms with van der Waals surface area (Å²) in [4.78, 5) is 25.8. The monoisotopic (exact) mass is 681 g/mol. The van der Waals surface area contributed by atoms with E-state index in [-0.39, 0.29) is 26.4 Å². The lowest BCUT2D eigenvalue weighted by Crippen LogP contribution is -2.66. The van der Waals surface area contributed by atoms with Crippen LogP contribution >= 0.6 is 0 Å². The van der Waals surface area contributed by atoms with Crippen molar-refractivity contribution in [3.8, 4) is 0 Å². The molecule has 264 valence electrons. The molecule has 0 aliphatic carbocycles. The molecular formula is C41H47NO8. The van der Waals surface area contributed by atoms with Crippen LogP contribution < -0.4 is 5.32 Å². The highest BCUT2D eigenvalue weighted by Crippen LogP contribution is 2.32. The average Bonchev–Trinajstić information content (AvgIpc) is 3.12. The van der Waals surface area contributed by atoms with Crippen molar-refractivity contribution in [1.82, 2.24) is 5.32 Å². The van der Waals surface area contributed by atoms with Gasteiger partial charge in [0.15, 0.2) is 0 Å². The van der Waals surface area contributed by atoms with Gasteiger partial charge in [0.1, 0.15) is 48.4 Å². The number of rotatable bonds is 16. The van der Waals surface area contributed by atoms with Gasteiger partial charge in [0.2, 0.25) is 0 Å². The predicted octanol–water partition coefficient (Wildman–Crippen LogP) is 6.82. The Kier molecular flexibility index (Phi) is 13.7. The molecule has 0 spiro atoms. The number of nitrogens with one attached hydrogen (secondary N) is 1. The van der Waals surface area contributed by atoms with E-state index in [1.807, 2.05) is 121 Å². The SMILES string of the molecule is CC(C)(C)OC(=O)N[C@H](C=O)[C@@H]1O[C@H](COCc2ccccc2)[C@@H](OCc2ccccc2)[C@H](OCc2ccccc2)[C@H]1OCc1ccccc1. The zero-order valence-corrected chi connectivity index (χ0v) is 28.9. The summed E-state index contributed by atoms with van der Waals surface area (Å²) in [5.74, 6) is 0. The van der Waals surface area contributed by atoms with Gasteiger partial charge in [-0.05, 0) is 43.0 Å². The summed E-state index contributed by atoms with van der Waals surface area (Å²) in [5, 5.41) is 2.72. The minimum Gasteiger partial charge on any atom is -0.444 e. The number of amides is 1. The number of hydrogen-bond acceptors (Lipinski definition) is 8. The number of carbonyl (C=O) groups is 2. The first kappa shape index (κ1) is 36.9. The Balaban J connectivity index is 1.50. The first-order chi connectivity index (χ1) is 24.3. The van der Waals surface area contributed by atoms with Crippen molar-refractivity contribution in [2.45, 2.75) is 89.4 Å². The van der Waals surface area contributed by atoms with Crippen molar-refractivity contribution in [3.63, 3.8) is 0 Å². The third kappa shape index (κ3) is 11.3. The molecule has 1 amide bonds. The second-order valence-electron chi connectivity index (χ2n) is 13.2. The molecule has 1 heterocycles. The number of ether oxygens (including phenoxy) is 6. The summed E-state index contributed by atoms with van der Waals surface area (Å²) in [5.41, 5.74) is 3.07. The molecule has 1 N–H and O–H groups in total. The predicted molar refractivity (Wildman–Crippen MR) is 189 cm³/mol. The number of hydrogen-bond donors (Lipinski definition) is 1. The molecule has 5 rings (SSSR count). The van der Waals surface area contributed by atoms with Gasteiger partial charge in [0.25, 0.3) is 0 Å². The molecule has 6 atom stereocenters. The van der Waals surface area contributed by atoms with Crippen molar-refractivity contribution in [2.24, 2.45) is 0 Å². The minimum absolute atomic E-state index is 0.124. The smallest absolute Gasteiger partial charge is 0.408 e. The fraction of sp³-hybridized carbons (Fsp3) is 0.366. The molecule has 1 aliphatic heterocycles. The lowest BCUT2D eigenvalue weighted by molar-refractivity contribution is -0.275. The van der Waals surface area contributed by atoms with Crippen molar-refractivity contribution in [3.05, 3.63) is 144 Å². The normalized spacial score (nSPS) is 21.2. The van der Waals surface area contributed by atoms with Crippen LogP contribution in [-0.2, 0) is 59.6 Å². The first-order valence-corrected chi connectivity index (χ1v) is 17.0. The molecule has 1 fully saturated rings. The molecule has 4 aromatic rings. The van der Waals surface area contributed by atoms with E-state index in [9.17, 15) is 9.59 Å². The van der Waals surface area contributed by atoms with E-state index in [2.05, 4.69) is 5.32 Å². The van der Waals surface area contributed by atoms with Crippen LogP contribution in [0.1, 0.15) is 43.0 Å². The Morgan fingerprint density at radius 2 is 1.08 bits per heavy atom. The molecule has 50 heavy (non-hydrogen) atoms. The van der Waals surface area contributed by atoms with E-state index in [1.54, 1.807) is 20.8 Å². The van der Waals surface area contributed by atoms with Gasteiger partial charge in [0.05, 0.1) is 33.0 Å². The van der Waals surface area contributed by atoms with Crippen LogP contribution in [0.5, 0.6) is 0 Å². The molecule has 0 unspecified atom stereocenters. The highest BCUT2D eigenvalue weighted by atomic mass is 16.6. The summed E-state index contributed by atoms with van der Waals surface area (Å²) in [6, 6.07) is 38.1. The number of carbonyl (C=O) groups excluding carboxylic acids is 2. The third-order valence-electron chi connectivity index (χ3n) is 8.10. The molecule has 0 radical (unpaired) electrons. The quantitative estimate of drug-likeness (QED) is 0.129. The van der Waals surface area contributed by atoms with Crippen LogP contribution in [0.3, 0.4) is 0 Å². The Hall–Kier alpha value is -4.38. The molecule has 9 nitrogen and oxygen atoms in total. The maximum Gasteiger partial charge on any atom is 0.408 e. The highest BCUT2D eigenvalue weighted by Gasteiger charge is 2.51. The Labute approximate surface area is 294 Å². The Bertz CT molecular complexity index is 1570. The second-order valence-corrected chi connectivity index (χ2v) is 13.2. The van der Waals surface area contributed by atoms with Gasteiger partial charge in [-0.2, -0.15) is 0 Å². The van der Waals surface area contributed by atoms with Gasteiger partial charge in [0, 0.05) is 0 Å². The topological polar surface area (TPSA) is 102 Å². The van der Waals surface area contributed by atoms with Gasteiger partial charge in [-0.15, -0.1) is 0 Å². The average molecular weight is 682 g/mol. The van der Waals surface area contributed by atoms with Crippen LogP contribution in [0.25, 0.3) is 0 Å². The Morgan fingerprint density at radius 3 is 1.52 bits per heavy atom. The van der Waals surface area contributed by atoms with E-state index < -0.39 is 48.3 Å². The third-order valence-corrected chi connectivity index (χ3v) is 8.10. The molecular weight excluding hydrogens is 634 g/mol. The maximum atomic E-state index is 13.0. The highest BCUT2D eigenvalue weighted by molar-refractivity contribution is 5.74. The lowest BCUT2D eigenvalue weighted by Gasteiger charge is -2.47. The van der Waals surface area contributed by atoms with Gasteiger partial charge in [-0.1, -0.05) is 121 Å². The summed E-state index contributed by atoms with van der Waals surface area (Å²) >= 11 is 0. The van der Waals surface area contributed by atoms with E-state index >= 15 is 0 Å². The van der Waals surface area contributed by atoms with Crippen molar-refractivity contribution in [1.29, 1.82) is 0 Å². The van der Waals surface area contributed by atoms with Crippen LogP contribution in [0, 0.1) is 0 Å². The zero-order valence-electron chi connectivity index (χ0n) is 28.9. The van der Waals surface area contributed by atoms with Gasteiger partial charge >= 0.3 is 6.09 Å². The molecule has 1 aliphatic rings. The van der Waals surface area contributed by atoms with Crippen LogP contribution in [0.4, 0.5) is 4.79 Å². The number of alkyl carbamates (subject to hydrolysis) is 1. The van der Waals surface area contributed by atoms with Crippen molar-refractivity contribution in [2.75, 3.05) is 6.61 Å². The van der Waals surface area contributed by atoms with E-state index in [4.69, 9.17) is 28.4 Å². The second kappa shape index (κ2) is 18.6. The van der Waals surface area contributed by atoms with Crippen LogP contribution in [0.2, 0.25) is 0 Å². The van der Waals surface area contributed by atoms with Crippen molar-refractivity contribution >= 4 is 12.4 Å². The van der Waals surface area contributed by atoms with Gasteiger partial charge in [-0.3, -0.25) is 0 Å². The maximum absolute atomic E-state index is 13.0. The summed E-state index contributed by atoms with van der Waals surface area (Å²) in [7, 11) is 0. The molecule has 9 heteroatoms. The molecule has 0 bridgehead atoms. The summed E-state index contributed by atoms with van der Waals surface area (Å²) in [6.45, 7) is 6.47. The molecule has 0 aromatic heterocycles. The fourth-order valence-electron chi connectivity index (χ4n) is 5.75. The summed E-state index contributed by atoms with van der Waals surface area (Å²) in [6.07, 6.45) is -4.06. The Morgan fingerprint density at radius 1 is 0.660 bits per heavy atom. The van der Waals surface area contributed by atoms with Gasteiger partial charge in [-0.25, -0.2) is 4.79 Å². The molecule has 4 aromatic carbocycles. The van der Waals surface area contributed by atoms with Crippen molar-refractivity contribution < 1.29 is 38.0 Å². The lowest BCUT2D eigenvalue weighted by atomic mass is 9.90.